The second kappa shape index (κ2) is 14.7. The van der Waals surface area contributed by atoms with Crippen LogP contribution in [0, 0.1) is 0 Å². The summed E-state index contributed by atoms with van der Waals surface area (Å²) in [7, 11) is 0. The summed E-state index contributed by atoms with van der Waals surface area (Å²) in [4.78, 5) is 23.6. The van der Waals surface area contributed by atoms with Gasteiger partial charge in [0.25, 0.3) is 0 Å². The Morgan fingerprint density at radius 3 is 0.613 bits per heavy atom. The Labute approximate surface area is 313 Å². The number of hydrogen-bond donors (Lipinski definition) is 2. The van der Waals surface area contributed by atoms with Crippen molar-refractivity contribution >= 4 is 23.2 Å². The number of hydrogen-bond acceptors (Lipinski definition) is 2. The molecule has 0 aliphatic heterocycles. The lowest BCUT2D eigenvalue weighted by Gasteiger charge is -2.42. The van der Waals surface area contributed by atoms with Crippen molar-refractivity contribution in [1.29, 1.82) is 0 Å². The van der Waals surface area contributed by atoms with Crippen LogP contribution in [0.2, 0.25) is 0 Å². The minimum atomic E-state index is -9.29. The molecule has 0 unspecified atom stereocenters. The maximum Gasteiger partial charge on any atom is 0.460 e. The molecule has 0 heterocycles. The number of alkyl halides is 34. The van der Waals surface area contributed by atoms with Gasteiger partial charge in [0.15, 0.2) is 0 Å². The number of benzene rings is 1. The third-order valence-electron chi connectivity index (χ3n) is 7.44. The van der Waals surface area contributed by atoms with Gasteiger partial charge in [-0.05, 0) is 12.1 Å². The van der Waals surface area contributed by atoms with Crippen molar-refractivity contribution in [3.05, 3.63) is 24.3 Å². The van der Waals surface area contributed by atoms with Crippen molar-refractivity contribution in [3.63, 3.8) is 0 Å². The summed E-state index contributed by atoms with van der Waals surface area (Å²) < 4.78 is 458. The molecule has 0 radical (unpaired) electrons. The number of anilines is 2. The number of para-hydroxylation sites is 2. The van der Waals surface area contributed by atoms with E-state index in [4.69, 9.17) is 0 Å². The van der Waals surface area contributed by atoms with E-state index >= 15 is 0 Å². The highest BCUT2D eigenvalue weighted by Gasteiger charge is 2.97. The summed E-state index contributed by atoms with van der Waals surface area (Å²) in [6.45, 7) is 0. The highest BCUT2D eigenvalue weighted by Crippen LogP contribution is 2.66. The lowest BCUT2D eigenvalue weighted by molar-refractivity contribution is -0.459. The smallest absolute Gasteiger partial charge is 0.319 e. The molecule has 0 bridgehead atoms. The fraction of sp³-hybridized carbons (Fsp3) is 0.667. The van der Waals surface area contributed by atoms with Crippen LogP contribution in [-0.4, -0.2) is 107 Å². The standard InChI is InChI=1S/C24H6F34N2O2/c25-9(26,11(29,30)13(33,34)15(37,38)17(41,42)19(45,46)21(49,50)23(53,54)55)7(61)59-5-3-1-2-4-6(5)60-8(62)10(27,28)12(31,32)14(35,36)16(39,40)18(43,44)20(47,48)22(51,52)24(56,57)58/h1-4H,(H,59,61)(H,60,62). The molecule has 0 aliphatic rings. The van der Waals surface area contributed by atoms with E-state index in [0.29, 0.717) is 0 Å². The molecule has 38 heteroatoms. The molecule has 0 atom stereocenters. The van der Waals surface area contributed by atoms with E-state index in [2.05, 4.69) is 0 Å². The first-order valence-corrected chi connectivity index (χ1v) is 13.7. The summed E-state index contributed by atoms with van der Waals surface area (Å²) in [6, 6.07) is -0.835. The van der Waals surface area contributed by atoms with Crippen molar-refractivity contribution in [1.82, 2.24) is 0 Å². The first kappa shape index (κ1) is 55.8. The molecule has 1 aromatic rings. The van der Waals surface area contributed by atoms with Crippen LogP contribution in [0.15, 0.2) is 24.3 Å². The zero-order valence-electron chi connectivity index (χ0n) is 27.0. The van der Waals surface area contributed by atoms with Gasteiger partial charge in [0, 0.05) is 0 Å². The molecule has 0 fully saturated rings. The van der Waals surface area contributed by atoms with Gasteiger partial charge in [0.1, 0.15) is 0 Å². The first-order valence-electron chi connectivity index (χ1n) is 13.7. The number of carbonyl (C=O) groups excluding carboxylic acids is 2. The molecule has 0 spiro atoms. The average molecular weight is 1000 g/mol. The minimum absolute atomic E-state index is 0.0359. The number of nitrogens with one attached hydrogen (secondary N) is 2. The van der Waals surface area contributed by atoms with Crippen LogP contribution in [0.25, 0.3) is 0 Å². The molecule has 1 aromatic carbocycles. The molecule has 2 N–H and O–H groups in total. The van der Waals surface area contributed by atoms with Gasteiger partial charge in [-0.3, -0.25) is 9.59 Å². The van der Waals surface area contributed by atoms with Gasteiger partial charge < -0.3 is 10.6 Å². The molecular formula is C24H6F34N2O2. The van der Waals surface area contributed by atoms with Crippen molar-refractivity contribution in [2.75, 3.05) is 10.6 Å². The Bertz CT molecular complexity index is 1710. The van der Waals surface area contributed by atoms with E-state index in [1.807, 2.05) is 0 Å². The quantitative estimate of drug-likeness (QED) is 0.162. The van der Waals surface area contributed by atoms with Gasteiger partial charge in [-0.25, -0.2) is 0 Å². The van der Waals surface area contributed by atoms with Crippen molar-refractivity contribution < 1.29 is 159 Å². The molecule has 0 saturated carbocycles. The van der Waals surface area contributed by atoms with Gasteiger partial charge in [-0.1, -0.05) is 12.1 Å². The fourth-order valence-electron chi connectivity index (χ4n) is 3.72. The van der Waals surface area contributed by atoms with Gasteiger partial charge >= 0.3 is 107 Å². The molecule has 1 rings (SSSR count). The van der Waals surface area contributed by atoms with E-state index < -0.39 is 131 Å². The molecular weight excluding hydrogens is 994 g/mol. The summed E-state index contributed by atoms with van der Waals surface area (Å²) in [5.74, 6) is -134. The predicted molar refractivity (Wildman–Crippen MR) is 125 cm³/mol. The van der Waals surface area contributed by atoms with Crippen LogP contribution in [0.4, 0.5) is 161 Å². The van der Waals surface area contributed by atoms with E-state index in [9.17, 15) is 159 Å². The third kappa shape index (κ3) is 7.17. The van der Waals surface area contributed by atoms with E-state index in [-0.39, 0.29) is 22.8 Å². The van der Waals surface area contributed by atoms with Crippen LogP contribution in [0.3, 0.4) is 0 Å². The predicted octanol–water partition coefficient (Wildman–Crippen LogP) is 11.6. The average Bonchev–Trinajstić information content (AvgIpc) is 3.06. The zero-order valence-corrected chi connectivity index (χ0v) is 27.0. The Morgan fingerprint density at radius 2 is 0.435 bits per heavy atom. The third-order valence-corrected chi connectivity index (χ3v) is 7.44. The summed E-state index contributed by atoms with van der Waals surface area (Å²) >= 11 is 0. The number of amides is 2. The summed E-state index contributed by atoms with van der Waals surface area (Å²) in [5, 5.41) is -0.212. The van der Waals surface area contributed by atoms with Gasteiger partial charge in [0.2, 0.25) is 0 Å². The molecule has 362 valence electrons. The SMILES string of the molecule is O=C(Nc1ccccc1NC(=O)C(F)(F)C(F)(F)C(F)(F)C(F)(F)C(F)(F)C(F)(F)C(F)(F)C(F)(F)F)C(F)(F)C(F)(F)C(F)(F)C(F)(F)C(F)(F)C(F)(F)C(F)(F)C(F)(F)F. The molecule has 0 aliphatic carbocycles. The van der Waals surface area contributed by atoms with E-state index in [1.54, 1.807) is 0 Å². The Hall–Kier alpha value is -4.22. The monoisotopic (exact) mass is 1000 g/mol. The van der Waals surface area contributed by atoms with Crippen LogP contribution in [0.5, 0.6) is 0 Å². The van der Waals surface area contributed by atoms with E-state index in [1.165, 1.54) is 0 Å². The van der Waals surface area contributed by atoms with Crippen LogP contribution in [-0.2, 0) is 9.59 Å². The topological polar surface area (TPSA) is 58.2 Å². The van der Waals surface area contributed by atoms with Crippen LogP contribution in [0.1, 0.15) is 0 Å². The second-order valence-corrected chi connectivity index (χ2v) is 11.5. The van der Waals surface area contributed by atoms with Crippen molar-refractivity contribution in [2.45, 2.75) is 95.3 Å². The Morgan fingerprint density at radius 1 is 0.274 bits per heavy atom. The second-order valence-electron chi connectivity index (χ2n) is 11.5. The van der Waals surface area contributed by atoms with Crippen molar-refractivity contribution in [3.8, 4) is 0 Å². The number of halogens is 34. The zero-order chi connectivity index (χ0) is 50.6. The molecule has 62 heavy (non-hydrogen) atoms. The minimum Gasteiger partial charge on any atom is -0.319 e. The first-order chi connectivity index (χ1) is 26.5. The van der Waals surface area contributed by atoms with Gasteiger partial charge in [0.05, 0.1) is 11.4 Å². The number of carbonyl (C=O) groups is 2. The van der Waals surface area contributed by atoms with Crippen LogP contribution < -0.4 is 10.6 Å². The normalized spacial score (nSPS) is 16.0. The maximum atomic E-state index is 14.3. The Kier molecular flexibility index (Phi) is 13.2. The molecule has 0 aromatic heterocycles. The van der Waals surface area contributed by atoms with Gasteiger partial charge in [-0.2, -0.15) is 149 Å². The fourth-order valence-corrected chi connectivity index (χ4v) is 3.72. The van der Waals surface area contributed by atoms with Gasteiger partial charge in [-0.15, -0.1) is 0 Å². The lowest BCUT2D eigenvalue weighted by Crippen LogP contribution is -2.75. The molecule has 4 nitrogen and oxygen atoms in total. The van der Waals surface area contributed by atoms with Crippen LogP contribution >= 0.6 is 0 Å². The highest BCUT2D eigenvalue weighted by atomic mass is 19.4. The maximum absolute atomic E-state index is 14.3. The largest absolute Gasteiger partial charge is 0.460 e. The lowest BCUT2D eigenvalue weighted by atomic mass is 9.88. The number of rotatable bonds is 16. The molecule has 0 saturated heterocycles. The van der Waals surface area contributed by atoms with Crippen molar-refractivity contribution in [2.24, 2.45) is 0 Å². The molecule has 2 amide bonds. The summed E-state index contributed by atoms with van der Waals surface area (Å²) in [6.07, 6.45) is -16.3. The highest BCUT2D eigenvalue weighted by molar-refractivity contribution is 6.04. The van der Waals surface area contributed by atoms with E-state index in [0.717, 1.165) is 0 Å². The Balaban J connectivity index is 3.75. The summed E-state index contributed by atoms with van der Waals surface area (Å²) in [5.41, 5.74) is -4.90.